The Hall–Kier alpha value is -2.58. The Balaban J connectivity index is 1.47. The number of hydrogen-bond donors (Lipinski definition) is 1. The lowest BCUT2D eigenvalue weighted by Crippen LogP contribution is -2.45. The van der Waals surface area contributed by atoms with Gasteiger partial charge in [0, 0.05) is 21.7 Å². The number of rotatable bonds is 5. The normalized spacial score (nSPS) is 15.0. The van der Waals surface area contributed by atoms with Gasteiger partial charge in [0.1, 0.15) is 11.5 Å². The quantitative estimate of drug-likeness (QED) is 0.367. The number of nitrogens with zero attached hydrogens (tertiary/aromatic N) is 1. The van der Waals surface area contributed by atoms with Gasteiger partial charge in [-0.3, -0.25) is 15.0 Å². The van der Waals surface area contributed by atoms with E-state index in [1.165, 1.54) is 0 Å². The average molecular weight is 489 g/mol. The number of nitrogens with one attached hydrogen (secondary N) is 1. The molecule has 2 amide bonds. The number of thioether (sulfide) groups is 1. The molecule has 0 unspecified atom stereocenters. The average Bonchev–Trinajstić information content (AvgIpc) is 3.29. The van der Waals surface area contributed by atoms with E-state index < -0.39 is 5.91 Å². The van der Waals surface area contributed by atoms with Crippen molar-refractivity contribution in [3.05, 3.63) is 86.9 Å². The molecule has 0 spiro atoms. The lowest BCUT2D eigenvalue weighted by atomic mass is 10.1. The Kier molecular flexibility index (Phi) is 6.48. The minimum absolute atomic E-state index is 0.140. The molecule has 2 heterocycles. The maximum atomic E-state index is 12.7. The molecule has 1 fully saturated rings. The summed E-state index contributed by atoms with van der Waals surface area (Å²) in [5, 5.41) is 2.07. The molecule has 0 radical (unpaired) electrons. The van der Waals surface area contributed by atoms with Crippen molar-refractivity contribution < 1.29 is 14.0 Å². The van der Waals surface area contributed by atoms with Crippen molar-refractivity contribution in [2.75, 3.05) is 0 Å². The summed E-state index contributed by atoms with van der Waals surface area (Å²) in [5.74, 6) is 0.270. The predicted molar refractivity (Wildman–Crippen MR) is 127 cm³/mol. The van der Waals surface area contributed by atoms with Crippen LogP contribution in [0.3, 0.4) is 0 Å². The molecule has 1 aromatic heterocycles. The molecule has 0 bridgehead atoms. The number of furan rings is 1. The Morgan fingerprint density at radius 2 is 1.81 bits per heavy atom. The highest BCUT2D eigenvalue weighted by Crippen LogP contribution is 2.33. The highest BCUT2D eigenvalue weighted by atomic mass is 35.5. The van der Waals surface area contributed by atoms with E-state index in [-0.39, 0.29) is 16.6 Å². The Bertz CT molecular complexity index is 1190. The van der Waals surface area contributed by atoms with Crippen molar-refractivity contribution in [2.45, 2.75) is 6.42 Å². The fourth-order valence-electron chi connectivity index (χ4n) is 2.92. The van der Waals surface area contributed by atoms with Gasteiger partial charge in [-0.1, -0.05) is 65.3 Å². The van der Waals surface area contributed by atoms with Crippen LogP contribution < -0.4 is 5.43 Å². The van der Waals surface area contributed by atoms with Gasteiger partial charge in [-0.15, -0.1) is 0 Å². The summed E-state index contributed by atoms with van der Waals surface area (Å²) in [6, 6.07) is 17.8. The Morgan fingerprint density at radius 3 is 2.52 bits per heavy atom. The summed E-state index contributed by atoms with van der Waals surface area (Å²) in [6.07, 6.45) is 1.72. The molecule has 0 aliphatic carbocycles. The van der Waals surface area contributed by atoms with Gasteiger partial charge in [-0.05, 0) is 48.1 Å². The third-order valence-corrected chi connectivity index (χ3v) is 6.02. The van der Waals surface area contributed by atoms with E-state index in [9.17, 15) is 9.59 Å². The molecule has 2 aromatic carbocycles. The second-order valence-corrected chi connectivity index (χ2v) is 9.12. The number of thiocarbonyl (C=S) groups is 1. The summed E-state index contributed by atoms with van der Waals surface area (Å²) in [4.78, 5) is 25.4. The van der Waals surface area contributed by atoms with Crippen LogP contribution in [0.15, 0.2) is 70.0 Å². The number of carbonyl (C=O) groups excluding carboxylic acids is 2. The van der Waals surface area contributed by atoms with Gasteiger partial charge >= 0.3 is 0 Å². The first kappa shape index (κ1) is 21.6. The minimum atomic E-state index is -0.417. The first-order chi connectivity index (χ1) is 14.9. The van der Waals surface area contributed by atoms with E-state index in [2.05, 4.69) is 5.43 Å². The number of carbonyl (C=O) groups is 2. The largest absolute Gasteiger partial charge is 0.457 e. The predicted octanol–water partition coefficient (Wildman–Crippen LogP) is 5.73. The summed E-state index contributed by atoms with van der Waals surface area (Å²) in [6.45, 7) is 0. The van der Waals surface area contributed by atoms with Crippen molar-refractivity contribution >= 4 is 69.4 Å². The van der Waals surface area contributed by atoms with E-state index in [1.807, 2.05) is 30.3 Å². The fraction of sp³-hybridized carbons (Fsp3) is 0.0455. The number of hydrogen-bond acceptors (Lipinski definition) is 5. The van der Waals surface area contributed by atoms with Crippen LogP contribution in [0.5, 0.6) is 0 Å². The molecule has 9 heteroatoms. The van der Waals surface area contributed by atoms with Gasteiger partial charge in [0.25, 0.3) is 5.91 Å². The molecule has 156 valence electrons. The first-order valence-electron chi connectivity index (χ1n) is 9.07. The lowest BCUT2D eigenvalue weighted by Gasteiger charge is -2.15. The molecule has 4 rings (SSSR count). The van der Waals surface area contributed by atoms with E-state index in [1.54, 1.807) is 36.4 Å². The summed E-state index contributed by atoms with van der Waals surface area (Å²) >= 11 is 18.4. The number of halogens is 2. The monoisotopic (exact) mass is 488 g/mol. The zero-order valence-corrected chi connectivity index (χ0v) is 18.9. The van der Waals surface area contributed by atoms with Crippen LogP contribution >= 0.6 is 47.2 Å². The molecule has 5 nitrogen and oxygen atoms in total. The zero-order valence-electron chi connectivity index (χ0n) is 15.8. The van der Waals surface area contributed by atoms with Crippen LogP contribution in [0.25, 0.3) is 17.4 Å². The molecule has 1 N–H and O–H groups in total. The van der Waals surface area contributed by atoms with Crippen molar-refractivity contribution in [1.29, 1.82) is 0 Å². The van der Waals surface area contributed by atoms with E-state index >= 15 is 0 Å². The minimum Gasteiger partial charge on any atom is -0.457 e. The van der Waals surface area contributed by atoms with Crippen molar-refractivity contribution in [2.24, 2.45) is 0 Å². The van der Waals surface area contributed by atoms with E-state index in [4.69, 9.17) is 39.8 Å². The van der Waals surface area contributed by atoms with Gasteiger partial charge in [-0.25, -0.2) is 0 Å². The summed E-state index contributed by atoms with van der Waals surface area (Å²) < 4.78 is 6.05. The highest BCUT2D eigenvalue weighted by Gasteiger charge is 2.33. The van der Waals surface area contributed by atoms with E-state index in [0.29, 0.717) is 26.5 Å². The molecule has 0 saturated carbocycles. The SMILES string of the molecule is O=C(Cc1ccccc1)NN1C(=O)C(=Cc2ccc(-c3cc(Cl)cc(Cl)c3)o2)SC1=S. The maximum absolute atomic E-state index is 12.7. The van der Waals surface area contributed by atoms with Crippen molar-refractivity contribution in [3.8, 4) is 11.3 Å². The van der Waals surface area contributed by atoms with Crippen LogP contribution in [-0.2, 0) is 16.0 Å². The highest BCUT2D eigenvalue weighted by molar-refractivity contribution is 8.26. The number of benzene rings is 2. The van der Waals surface area contributed by atoms with Gasteiger partial charge in [0.2, 0.25) is 5.91 Å². The third-order valence-electron chi connectivity index (χ3n) is 4.28. The number of amides is 2. The molecular weight excluding hydrogens is 475 g/mol. The molecule has 3 aromatic rings. The van der Waals surface area contributed by atoms with Gasteiger partial charge in [0.05, 0.1) is 11.3 Å². The molecule has 31 heavy (non-hydrogen) atoms. The summed E-state index contributed by atoms with van der Waals surface area (Å²) in [7, 11) is 0. The standard InChI is InChI=1S/C22H14Cl2N2O3S2/c23-15-9-14(10-16(24)11-15)18-7-6-17(29-18)12-19-21(28)26(22(30)31-19)25-20(27)8-13-4-2-1-3-5-13/h1-7,9-12H,8H2,(H,25,27). The molecule has 1 aliphatic rings. The van der Waals surface area contributed by atoms with Crippen LogP contribution in [0, 0.1) is 0 Å². The maximum Gasteiger partial charge on any atom is 0.285 e. The zero-order chi connectivity index (χ0) is 22.0. The smallest absolute Gasteiger partial charge is 0.285 e. The molecule has 1 aliphatic heterocycles. The van der Waals surface area contributed by atoms with E-state index in [0.717, 1.165) is 27.9 Å². The third kappa shape index (κ3) is 5.19. The summed E-state index contributed by atoms with van der Waals surface area (Å²) in [5.41, 5.74) is 4.13. The first-order valence-corrected chi connectivity index (χ1v) is 11.0. The Morgan fingerprint density at radius 1 is 1.10 bits per heavy atom. The van der Waals surface area contributed by atoms with Crippen molar-refractivity contribution in [3.63, 3.8) is 0 Å². The van der Waals surface area contributed by atoms with Crippen LogP contribution in [-0.4, -0.2) is 21.1 Å². The second-order valence-electron chi connectivity index (χ2n) is 6.57. The van der Waals surface area contributed by atoms with Crippen molar-refractivity contribution in [1.82, 2.24) is 10.4 Å². The fourth-order valence-corrected chi connectivity index (χ4v) is 4.61. The molecule has 0 atom stereocenters. The second kappa shape index (κ2) is 9.28. The van der Waals surface area contributed by atoms with Gasteiger partial charge < -0.3 is 4.42 Å². The number of hydrazine groups is 1. The van der Waals surface area contributed by atoms with Gasteiger partial charge in [-0.2, -0.15) is 5.01 Å². The van der Waals surface area contributed by atoms with Gasteiger partial charge in [0.15, 0.2) is 4.32 Å². The Labute approximate surface area is 198 Å². The molecular formula is C22H14Cl2N2O3S2. The van der Waals surface area contributed by atoms with Crippen LogP contribution in [0.1, 0.15) is 11.3 Å². The van der Waals surface area contributed by atoms with Crippen LogP contribution in [0.2, 0.25) is 10.0 Å². The molecule has 1 saturated heterocycles. The van der Waals surface area contributed by atoms with Crippen LogP contribution in [0.4, 0.5) is 0 Å². The lowest BCUT2D eigenvalue weighted by molar-refractivity contribution is -0.132. The topological polar surface area (TPSA) is 62.6 Å².